The Morgan fingerprint density at radius 1 is 0.395 bits per heavy atom. The Bertz CT molecular complexity index is 5130. The highest BCUT2D eigenvalue weighted by Crippen LogP contribution is 2.60. The molecule has 4 N–H and O–H groups in total. The van der Waals surface area contributed by atoms with Crippen molar-refractivity contribution in [1.82, 2.24) is 47.8 Å². The first-order chi connectivity index (χ1) is 53.8. The summed E-state index contributed by atoms with van der Waals surface area (Å²) in [5.74, 6) is 9.82. The molecule has 10 aromatic rings. The van der Waals surface area contributed by atoms with Crippen LogP contribution in [0.5, 0.6) is 0 Å². The van der Waals surface area contributed by atoms with Crippen molar-refractivity contribution in [2.75, 3.05) is 0 Å². The summed E-state index contributed by atoms with van der Waals surface area (Å²) in [6.45, 7) is 60.3. The molecule has 612 valence electrons. The molecule has 5 unspecified atom stereocenters. The number of aromatic nitrogens is 10. The number of hydrogen-bond donors (Lipinski definition) is 4. The van der Waals surface area contributed by atoms with Crippen LogP contribution in [0.1, 0.15) is 234 Å². The monoisotopic (exact) mass is 1560 g/mol. The Morgan fingerprint density at radius 2 is 0.667 bits per heavy atom. The van der Waals surface area contributed by atoms with Gasteiger partial charge < -0.3 is 20.2 Å². The molecule has 15 heteroatoms. The summed E-state index contributed by atoms with van der Waals surface area (Å²) < 4.78 is 11.5. The number of carboxylic acid groups (broad SMARTS) is 1. The zero-order valence-electron chi connectivity index (χ0n) is 73.7. The predicted molar refractivity (Wildman–Crippen MR) is 482 cm³/mol. The molecule has 5 aromatic heterocycles. The maximum absolute atomic E-state index is 12.6. The molecule has 114 heavy (non-hydrogen) atoms. The highest BCUT2D eigenvalue weighted by Gasteiger charge is 2.52. The summed E-state index contributed by atoms with van der Waals surface area (Å²) in [5.41, 5.74) is 17.0. The van der Waals surface area contributed by atoms with E-state index in [1.807, 2.05) is 75.9 Å². The maximum Gasteiger partial charge on any atom is 0.372 e. The molecule has 5 aliphatic carbocycles. The van der Waals surface area contributed by atoms with Gasteiger partial charge in [-0.25, -0.2) is 24.5 Å². The number of benzene rings is 5. The number of para-hydroxylation sites is 10. The van der Waals surface area contributed by atoms with Gasteiger partial charge in [0.1, 0.15) is 18.3 Å². The second-order valence-corrected chi connectivity index (χ2v) is 38.3. The molecule has 0 radical (unpaired) electrons. The fraction of sp³-hybridized carbons (Fsp3) is 0.535. The SMILES string of the molecule is CC(C)C1CC=C(n2c(=O)[nH]c3ccccc32)[C@@]1(C)C(C)C.CC(C)C1CC=C(n2c(=S)[nH]c3ccccc32)[C@@]1(C)C(C)C.CC(C)C1CC=C(n2c(C(=O)O)nc3ccccc32)[C@@]1(C)C(C)C.CC(C)C1CC=C(n2c(CO)nc3ccccc32)[C@@]1(C)C(C)C.CCc1nc2ccccc2n1C1=CCC(C(C)C)[C@]1(C)C(C)C. The van der Waals surface area contributed by atoms with Gasteiger partial charge in [0, 0.05) is 62.0 Å². The molecule has 0 amide bonds. The van der Waals surface area contributed by atoms with Gasteiger partial charge in [-0.2, -0.15) is 0 Å². The fourth-order valence-electron chi connectivity index (χ4n) is 21.6. The Labute approximate surface area is 685 Å². The van der Waals surface area contributed by atoms with E-state index in [2.05, 4.69) is 299 Å². The van der Waals surface area contributed by atoms with Gasteiger partial charge in [0.25, 0.3) is 0 Å². The van der Waals surface area contributed by atoms with E-state index in [1.54, 1.807) is 0 Å². The van der Waals surface area contributed by atoms with E-state index < -0.39 is 5.97 Å². The Kier molecular flexibility index (Phi) is 25.8. The lowest BCUT2D eigenvalue weighted by molar-refractivity contribution is 0.0680. The first-order valence-corrected chi connectivity index (χ1v) is 43.4. The number of carboxylic acids is 1. The number of aromatic carboxylic acids is 1. The second-order valence-electron chi connectivity index (χ2n) is 37.9. The number of nitrogens with zero attached hydrogens (tertiary/aromatic N) is 8. The van der Waals surface area contributed by atoms with E-state index in [4.69, 9.17) is 17.2 Å². The molecule has 5 aliphatic rings. The number of hydrogen-bond acceptors (Lipinski definition) is 7. The molecule has 10 atom stereocenters. The van der Waals surface area contributed by atoms with Crippen molar-refractivity contribution < 1.29 is 15.0 Å². The normalized spacial score (nSPS) is 24.9. The number of aliphatic hydroxyl groups is 1. The molecule has 5 heterocycles. The Balaban J connectivity index is 0.000000141. The number of carbonyl (C=O) groups is 1. The molecule has 0 fully saturated rings. The largest absolute Gasteiger partial charge is 0.475 e. The average molecular weight is 1560 g/mol. The van der Waals surface area contributed by atoms with Crippen LogP contribution >= 0.6 is 12.2 Å². The molecule has 0 aliphatic heterocycles. The number of imidazole rings is 5. The molecular formula is C99H136N10O4S. The zero-order valence-corrected chi connectivity index (χ0v) is 74.6. The first-order valence-electron chi connectivity index (χ1n) is 43.0. The van der Waals surface area contributed by atoms with Gasteiger partial charge in [0.2, 0.25) is 5.82 Å². The van der Waals surface area contributed by atoms with E-state index >= 15 is 0 Å². The van der Waals surface area contributed by atoms with Crippen molar-refractivity contribution in [2.24, 2.45) is 116 Å². The zero-order chi connectivity index (χ0) is 83.3. The van der Waals surface area contributed by atoms with Gasteiger partial charge in [0.05, 0.1) is 55.2 Å². The first kappa shape index (κ1) is 86.5. The number of aliphatic hydroxyl groups excluding tert-OH is 1. The lowest BCUT2D eigenvalue weighted by atomic mass is 9.66. The minimum atomic E-state index is -0.980. The molecule has 5 aromatic carbocycles. The third-order valence-electron chi connectivity index (χ3n) is 29.3. The van der Waals surface area contributed by atoms with Crippen LogP contribution < -0.4 is 5.69 Å². The van der Waals surface area contributed by atoms with Gasteiger partial charge in [0.15, 0.2) is 4.77 Å². The Morgan fingerprint density at radius 3 is 1.00 bits per heavy atom. The number of fused-ring (bicyclic) bond motifs is 5. The van der Waals surface area contributed by atoms with Crippen LogP contribution in [0, 0.1) is 121 Å². The van der Waals surface area contributed by atoms with Crippen LogP contribution in [0.4, 0.5) is 0 Å². The Hall–Kier alpha value is -8.40. The molecule has 0 spiro atoms. The van der Waals surface area contributed by atoms with Crippen molar-refractivity contribution >= 4 is 102 Å². The van der Waals surface area contributed by atoms with Crippen molar-refractivity contribution in [3.05, 3.63) is 184 Å². The molecule has 15 rings (SSSR count). The van der Waals surface area contributed by atoms with Crippen LogP contribution in [0.2, 0.25) is 0 Å². The summed E-state index contributed by atoms with van der Waals surface area (Å²) in [6.07, 6.45) is 18.2. The smallest absolute Gasteiger partial charge is 0.372 e. The van der Waals surface area contributed by atoms with E-state index in [-0.39, 0.29) is 45.2 Å². The maximum atomic E-state index is 12.6. The van der Waals surface area contributed by atoms with Crippen LogP contribution in [0.15, 0.2) is 157 Å². The molecule has 14 nitrogen and oxygen atoms in total. The topological polar surface area (TPSA) is 170 Å². The summed E-state index contributed by atoms with van der Waals surface area (Å²) in [7, 11) is 0. The van der Waals surface area contributed by atoms with E-state index in [0.29, 0.717) is 88.8 Å². The highest BCUT2D eigenvalue weighted by atomic mass is 32.1. The van der Waals surface area contributed by atoms with Crippen molar-refractivity contribution in [2.45, 2.75) is 225 Å². The number of H-pyrrole nitrogens is 2. The summed E-state index contributed by atoms with van der Waals surface area (Å²) in [6, 6.07) is 40.7. The average Bonchev–Trinajstić information content (AvgIpc) is 1.60. The lowest BCUT2D eigenvalue weighted by Crippen LogP contribution is -2.37. The van der Waals surface area contributed by atoms with Gasteiger partial charge in [-0.05, 0) is 194 Å². The van der Waals surface area contributed by atoms with Crippen molar-refractivity contribution in [3.8, 4) is 0 Å². The molecular weight excluding hydrogens is 1430 g/mol. The van der Waals surface area contributed by atoms with Crippen molar-refractivity contribution in [1.29, 1.82) is 0 Å². The molecule has 0 bridgehead atoms. The number of rotatable bonds is 18. The van der Waals surface area contributed by atoms with Crippen LogP contribution in [0.3, 0.4) is 0 Å². The standard InChI is InChI=1S/C21H30N2.C20H26N2O2.C20H28N2O.C19H26N2O.C19H26N2S/c1-7-20-22-17-10-8-9-11-18(17)23(20)19-13-12-16(14(2)3)21(19,6)15(4)5;1-12(2)14-10-11-17(20(14,5)13(3)4)22-16-9-7-6-8-15(16)21-18(22)19(23)24;1-13(2)15-10-11-18(20(15,5)14(3)4)22-17-9-7-6-8-16(17)21-19(22)12-23;2*1-12(2)14-10-11-17(19(14,5)13(3)4)21-16-9-7-6-8-15(16)20-18(21)22/h8-11,13-16H,7,12H2,1-6H3;6-9,11-14H,10H2,1-5H3,(H,23,24);6-9,11,13-15,23H,10,12H2,1-5H3;2*6-9,11-14H,10H2,1-5H3,(H,20,22)/t16?,21-;14?,20-;15?,20-;2*14?,19-/m00000/s1. The van der Waals surface area contributed by atoms with Crippen LogP contribution in [-0.4, -0.2) is 63.9 Å². The minimum absolute atomic E-state index is 0.0168. The van der Waals surface area contributed by atoms with E-state index in [9.17, 15) is 19.8 Å². The quantitative estimate of drug-likeness (QED) is 0.0615. The third kappa shape index (κ3) is 15.0. The lowest BCUT2D eigenvalue weighted by Gasteiger charge is -2.41. The predicted octanol–water partition coefficient (Wildman–Crippen LogP) is 25.8. The molecule has 0 saturated carbocycles. The van der Waals surface area contributed by atoms with Gasteiger partial charge in [-0.1, -0.05) is 271 Å². The summed E-state index contributed by atoms with van der Waals surface area (Å²) in [5, 5.41) is 19.6. The summed E-state index contributed by atoms with van der Waals surface area (Å²) in [4.78, 5) is 44.7. The number of aromatic amines is 2. The van der Waals surface area contributed by atoms with Gasteiger partial charge >= 0.3 is 11.7 Å². The van der Waals surface area contributed by atoms with Gasteiger partial charge in [-0.15, -0.1) is 0 Å². The van der Waals surface area contributed by atoms with E-state index in [1.165, 1.54) is 46.1 Å². The van der Waals surface area contributed by atoms with Crippen LogP contribution in [-0.2, 0) is 13.0 Å². The van der Waals surface area contributed by atoms with Gasteiger partial charge in [-0.3, -0.25) is 22.8 Å². The van der Waals surface area contributed by atoms with Crippen LogP contribution in [0.25, 0.3) is 83.7 Å². The van der Waals surface area contributed by atoms with E-state index in [0.717, 1.165) is 92.5 Å². The molecule has 0 saturated heterocycles. The number of aryl methyl sites for hydroxylation is 1. The van der Waals surface area contributed by atoms with Crippen molar-refractivity contribution in [3.63, 3.8) is 0 Å². The fourth-order valence-corrected chi connectivity index (χ4v) is 21.9. The number of nitrogens with one attached hydrogen (secondary N) is 2. The highest BCUT2D eigenvalue weighted by molar-refractivity contribution is 7.71. The minimum Gasteiger partial charge on any atom is -0.475 e. The second kappa shape index (κ2) is 34.0. The summed E-state index contributed by atoms with van der Waals surface area (Å²) >= 11 is 5.65. The third-order valence-corrected chi connectivity index (χ3v) is 29.6. The number of allylic oxidation sites excluding steroid dienone is 10.